The van der Waals surface area contributed by atoms with E-state index in [1.807, 2.05) is 18.2 Å². The quantitative estimate of drug-likeness (QED) is 0.791. The van der Waals surface area contributed by atoms with Gasteiger partial charge in [-0.15, -0.1) is 0 Å². The van der Waals surface area contributed by atoms with Crippen LogP contribution < -0.4 is 5.32 Å². The van der Waals surface area contributed by atoms with Crippen LogP contribution in [0.4, 0.5) is 5.69 Å². The van der Waals surface area contributed by atoms with Gasteiger partial charge in [-0.2, -0.15) is 4.98 Å². The Morgan fingerprint density at radius 1 is 1.26 bits per heavy atom. The summed E-state index contributed by atoms with van der Waals surface area (Å²) >= 11 is 0. The van der Waals surface area contributed by atoms with E-state index >= 15 is 0 Å². The van der Waals surface area contributed by atoms with Crippen LogP contribution in [0.2, 0.25) is 0 Å². The van der Waals surface area contributed by atoms with Gasteiger partial charge in [0.1, 0.15) is 0 Å². The zero-order valence-electron chi connectivity index (χ0n) is 13.8. The number of rotatable bonds is 5. The van der Waals surface area contributed by atoms with Crippen molar-refractivity contribution in [2.45, 2.75) is 57.9 Å². The normalized spacial score (nSPS) is 15.8. The summed E-state index contributed by atoms with van der Waals surface area (Å²) in [6.07, 6.45) is 7.46. The number of anilines is 1. The van der Waals surface area contributed by atoms with Gasteiger partial charge < -0.3 is 15.2 Å². The minimum Gasteiger partial charge on any atom is -0.382 e. The first-order chi connectivity index (χ1) is 11.2. The predicted octanol–water partition coefficient (Wildman–Crippen LogP) is 4.60. The van der Waals surface area contributed by atoms with Crippen LogP contribution in [-0.4, -0.2) is 22.4 Å². The van der Waals surface area contributed by atoms with Crippen LogP contribution in [0.3, 0.4) is 0 Å². The molecule has 1 aromatic heterocycles. The van der Waals surface area contributed by atoms with Crippen molar-refractivity contribution in [3.63, 3.8) is 0 Å². The molecule has 0 saturated heterocycles. The van der Waals surface area contributed by atoms with Gasteiger partial charge in [-0.3, -0.25) is 0 Å². The number of aromatic nitrogens is 2. The molecule has 0 radical (unpaired) electrons. The van der Waals surface area contributed by atoms with Crippen LogP contribution in [0, 0.1) is 5.41 Å². The SMILES string of the molecule is CC(C)Nc1cc(-c2noc(C3CCCCC3)n2)ccc1C=N. The van der Waals surface area contributed by atoms with Gasteiger partial charge in [0.25, 0.3) is 0 Å². The molecule has 1 saturated carbocycles. The standard InChI is InChI=1S/C18H24N4O/c1-12(2)20-16-10-14(8-9-15(16)11-19)17-21-18(23-22-17)13-6-4-3-5-7-13/h8-13,19-20H,3-7H2,1-2H3. The van der Waals surface area contributed by atoms with Crippen molar-refractivity contribution in [3.05, 3.63) is 29.7 Å². The van der Waals surface area contributed by atoms with E-state index in [1.165, 1.54) is 25.5 Å². The zero-order valence-corrected chi connectivity index (χ0v) is 13.8. The van der Waals surface area contributed by atoms with Gasteiger partial charge in [0.15, 0.2) is 0 Å². The summed E-state index contributed by atoms with van der Waals surface area (Å²) in [6.45, 7) is 4.16. The summed E-state index contributed by atoms with van der Waals surface area (Å²) in [5, 5.41) is 15.1. The van der Waals surface area contributed by atoms with Gasteiger partial charge >= 0.3 is 0 Å². The average Bonchev–Trinajstić information content (AvgIpc) is 3.05. The Kier molecular flexibility index (Phi) is 4.74. The second kappa shape index (κ2) is 6.94. The second-order valence-corrected chi connectivity index (χ2v) is 6.54. The van der Waals surface area contributed by atoms with E-state index in [4.69, 9.17) is 9.93 Å². The maximum Gasteiger partial charge on any atom is 0.230 e. The van der Waals surface area contributed by atoms with Crippen molar-refractivity contribution in [2.75, 3.05) is 5.32 Å². The van der Waals surface area contributed by atoms with E-state index < -0.39 is 0 Å². The molecule has 23 heavy (non-hydrogen) atoms. The minimum absolute atomic E-state index is 0.298. The lowest BCUT2D eigenvalue weighted by Crippen LogP contribution is -2.11. The van der Waals surface area contributed by atoms with Gasteiger partial charge in [0, 0.05) is 35.0 Å². The summed E-state index contributed by atoms with van der Waals surface area (Å²) in [5.74, 6) is 1.82. The van der Waals surface area contributed by atoms with Gasteiger partial charge in [-0.1, -0.05) is 36.6 Å². The van der Waals surface area contributed by atoms with E-state index in [9.17, 15) is 0 Å². The maximum absolute atomic E-state index is 7.53. The number of hydrogen-bond donors (Lipinski definition) is 2. The third-order valence-electron chi connectivity index (χ3n) is 4.31. The smallest absolute Gasteiger partial charge is 0.230 e. The fourth-order valence-electron chi connectivity index (χ4n) is 3.13. The summed E-state index contributed by atoms with van der Waals surface area (Å²) in [7, 11) is 0. The van der Waals surface area contributed by atoms with Crippen molar-refractivity contribution >= 4 is 11.9 Å². The lowest BCUT2D eigenvalue weighted by molar-refractivity contribution is 0.314. The molecular formula is C18H24N4O. The summed E-state index contributed by atoms with van der Waals surface area (Å²) in [4.78, 5) is 4.62. The highest BCUT2D eigenvalue weighted by Crippen LogP contribution is 2.33. The molecule has 2 aromatic rings. The van der Waals surface area contributed by atoms with Crippen molar-refractivity contribution in [2.24, 2.45) is 0 Å². The van der Waals surface area contributed by atoms with Crippen molar-refractivity contribution in [3.8, 4) is 11.4 Å². The highest BCUT2D eigenvalue weighted by atomic mass is 16.5. The van der Waals surface area contributed by atoms with Crippen LogP contribution in [0.25, 0.3) is 11.4 Å². The van der Waals surface area contributed by atoms with Gasteiger partial charge in [-0.05, 0) is 32.8 Å². The first-order valence-corrected chi connectivity index (χ1v) is 8.42. The van der Waals surface area contributed by atoms with E-state index in [0.717, 1.165) is 35.5 Å². The molecule has 0 atom stereocenters. The molecule has 0 unspecified atom stereocenters. The Morgan fingerprint density at radius 2 is 2.04 bits per heavy atom. The van der Waals surface area contributed by atoms with Crippen LogP contribution in [0.5, 0.6) is 0 Å². The highest BCUT2D eigenvalue weighted by Gasteiger charge is 2.22. The second-order valence-electron chi connectivity index (χ2n) is 6.54. The molecule has 0 spiro atoms. The Bertz CT molecular complexity index is 671. The number of benzene rings is 1. The van der Waals surface area contributed by atoms with Crippen LogP contribution in [0.1, 0.15) is 63.3 Å². The molecule has 2 N–H and O–H groups in total. The maximum atomic E-state index is 7.53. The molecule has 1 aliphatic carbocycles. The van der Waals surface area contributed by atoms with E-state index in [2.05, 4.69) is 29.3 Å². The molecule has 122 valence electrons. The Labute approximate surface area is 137 Å². The summed E-state index contributed by atoms with van der Waals surface area (Å²) in [5.41, 5.74) is 2.71. The number of nitrogens with one attached hydrogen (secondary N) is 2. The third kappa shape index (κ3) is 3.60. The monoisotopic (exact) mass is 312 g/mol. The molecule has 3 rings (SSSR count). The first kappa shape index (κ1) is 15.7. The third-order valence-corrected chi connectivity index (χ3v) is 4.31. The average molecular weight is 312 g/mol. The predicted molar refractivity (Wildman–Crippen MR) is 92.2 cm³/mol. The highest BCUT2D eigenvalue weighted by molar-refractivity contribution is 5.87. The van der Waals surface area contributed by atoms with E-state index in [0.29, 0.717) is 17.8 Å². The van der Waals surface area contributed by atoms with Gasteiger partial charge in [-0.25, -0.2) is 0 Å². The molecule has 5 nitrogen and oxygen atoms in total. The van der Waals surface area contributed by atoms with Gasteiger partial charge in [0.05, 0.1) is 0 Å². The summed E-state index contributed by atoms with van der Waals surface area (Å²) < 4.78 is 5.51. The fourth-order valence-corrected chi connectivity index (χ4v) is 3.13. The Morgan fingerprint density at radius 3 is 2.74 bits per heavy atom. The van der Waals surface area contributed by atoms with Crippen molar-refractivity contribution in [1.29, 1.82) is 5.41 Å². The number of nitrogens with zero attached hydrogens (tertiary/aromatic N) is 2. The molecule has 1 fully saturated rings. The lowest BCUT2D eigenvalue weighted by Gasteiger charge is -2.17. The molecule has 0 bridgehead atoms. The molecule has 0 amide bonds. The van der Waals surface area contributed by atoms with Crippen LogP contribution in [-0.2, 0) is 0 Å². The van der Waals surface area contributed by atoms with Crippen molar-refractivity contribution < 1.29 is 4.52 Å². The van der Waals surface area contributed by atoms with E-state index in [1.54, 1.807) is 0 Å². The molecule has 1 aromatic carbocycles. The summed E-state index contributed by atoms with van der Waals surface area (Å²) in [6, 6.07) is 6.16. The van der Waals surface area contributed by atoms with E-state index in [-0.39, 0.29) is 0 Å². The number of hydrogen-bond acceptors (Lipinski definition) is 5. The Hall–Kier alpha value is -2.17. The zero-order chi connectivity index (χ0) is 16.2. The molecular weight excluding hydrogens is 288 g/mol. The van der Waals surface area contributed by atoms with Gasteiger partial charge in [0.2, 0.25) is 11.7 Å². The molecule has 5 heteroatoms. The van der Waals surface area contributed by atoms with Crippen LogP contribution >= 0.6 is 0 Å². The minimum atomic E-state index is 0.298. The molecule has 0 aliphatic heterocycles. The Balaban J connectivity index is 1.86. The van der Waals surface area contributed by atoms with Crippen LogP contribution in [0.15, 0.2) is 22.7 Å². The first-order valence-electron chi connectivity index (χ1n) is 8.42. The topological polar surface area (TPSA) is 74.8 Å². The molecule has 1 aliphatic rings. The fraction of sp³-hybridized carbons (Fsp3) is 0.500. The van der Waals surface area contributed by atoms with Crippen molar-refractivity contribution in [1.82, 2.24) is 10.1 Å². The largest absolute Gasteiger partial charge is 0.382 e. The lowest BCUT2D eigenvalue weighted by atomic mass is 9.89. The molecule has 1 heterocycles.